The summed E-state index contributed by atoms with van der Waals surface area (Å²) >= 11 is 0. The van der Waals surface area contributed by atoms with Crippen molar-refractivity contribution < 1.29 is 0 Å². The molecule has 5 heteroatoms. The zero-order valence-corrected chi connectivity index (χ0v) is 48.0. The van der Waals surface area contributed by atoms with Crippen LogP contribution in [-0.2, 0) is 0 Å². The molecule has 18 rings (SSSR count). The molecular weight excluding hydrogens is 1060 g/mol. The molecule has 0 bridgehead atoms. The Morgan fingerprint density at radius 1 is 0.250 bits per heavy atom. The number of anilines is 6. The van der Waals surface area contributed by atoms with Gasteiger partial charge in [-0.1, -0.05) is 249 Å². The fourth-order valence-corrected chi connectivity index (χ4v) is 14.8. The van der Waals surface area contributed by atoms with Crippen LogP contribution >= 0.6 is 0 Å². The van der Waals surface area contributed by atoms with E-state index in [0.717, 1.165) is 101 Å². The van der Waals surface area contributed by atoms with E-state index in [0.29, 0.717) is 0 Å². The number of para-hydroxylation sites is 6. The number of nitrogens with zero attached hydrogens (tertiary/aromatic N) is 4. The highest BCUT2D eigenvalue weighted by Gasteiger charge is 2.46. The summed E-state index contributed by atoms with van der Waals surface area (Å²) < 4.78 is 2.47. The van der Waals surface area contributed by atoms with Gasteiger partial charge >= 0.3 is 0 Å². The third kappa shape index (κ3) is 7.70. The van der Waals surface area contributed by atoms with E-state index in [-0.39, 0.29) is 6.71 Å². The van der Waals surface area contributed by atoms with Gasteiger partial charge in [0.05, 0.1) is 33.4 Å². The van der Waals surface area contributed by atoms with Gasteiger partial charge in [0.1, 0.15) is 0 Å². The molecule has 4 heterocycles. The molecule has 0 saturated heterocycles. The molecule has 4 nitrogen and oxygen atoms in total. The zero-order valence-electron chi connectivity index (χ0n) is 48.0. The van der Waals surface area contributed by atoms with E-state index in [1.54, 1.807) is 0 Å². The highest BCUT2D eigenvalue weighted by molar-refractivity contribution is 7.01. The molecule has 14 aromatic carbocycles. The number of aromatic nitrogens is 2. The summed E-state index contributed by atoms with van der Waals surface area (Å²) in [5.74, 6) is 0. The average molecular weight is 1120 g/mol. The van der Waals surface area contributed by atoms with Crippen molar-refractivity contribution in [1.82, 2.24) is 9.55 Å². The number of hydrogen-bond acceptors (Lipinski definition) is 3. The van der Waals surface area contributed by atoms with Crippen molar-refractivity contribution in [1.29, 1.82) is 0 Å². The van der Waals surface area contributed by atoms with Gasteiger partial charge in [0.15, 0.2) is 0 Å². The summed E-state index contributed by atoms with van der Waals surface area (Å²) in [7, 11) is 0. The van der Waals surface area contributed by atoms with Crippen LogP contribution in [0.25, 0.3) is 116 Å². The summed E-state index contributed by atoms with van der Waals surface area (Å²) in [5.41, 5.74) is 27.4. The largest absolute Gasteiger partial charge is 0.311 e. The van der Waals surface area contributed by atoms with E-state index in [2.05, 4.69) is 336 Å². The van der Waals surface area contributed by atoms with Crippen LogP contribution in [0, 0.1) is 0 Å². The van der Waals surface area contributed by atoms with Gasteiger partial charge in [0, 0.05) is 66.7 Å². The average Bonchev–Trinajstić information content (AvgIpc) is 0.775. The number of fused-ring (bicyclic) bond motifs is 11. The molecule has 0 unspecified atom stereocenters. The summed E-state index contributed by atoms with van der Waals surface area (Å²) in [5, 5.41) is 7.17. The number of benzene rings is 14. The van der Waals surface area contributed by atoms with Gasteiger partial charge < -0.3 is 14.4 Å². The smallest absolute Gasteiger partial charge is 0.252 e. The summed E-state index contributed by atoms with van der Waals surface area (Å²) in [6, 6.07) is 119. The second-order valence-corrected chi connectivity index (χ2v) is 23.3. The molecular formula is C83H53BN4. The van der Waals surface area contributed by atoms with E-state index in [1.807, 2.05) is 0 Å². The Kier molecular flexibility index (Phi) is 11.4. The van der Waals surface area contributed by atoms with E-state index in [9.17, 15) is 0 Å². The first kappa shape index (κ1) is 49.9. The van der Waals surface area contributed by atoms with Crippen LogP contribution in [-0.4, -0.2) is 16.3 Å². The molecule has 0 saturated carbocycles. The Morgan fingerprint density at radius 3 is 1.28 bits per heavy atom. The molecule has 2 aromatic heterocycles. The van der Waals surface area contributed by atoms with Crippen molar-refractivity contribution in [3.8, 4) is 61.3 Å². The molecule has 0 atom stereocenters. The van der Waals surface area contributed by atoms with Gasteiger partial charge in [-0.05, 0) is 139 Å². The maximum atomic E-state index is 5.18. The van der Waals surface area contributed by atoms with Crippen molar-refractivity contribution in [2.24, 2.45) is 0 Å². The van der Waals surface area contributed by atoms with Crippen molar-refractivity contribution in [3.63, 3.8) is 0 Å². The maximum absolute atomic E-state index is 5.18. The van der Waals surface area contributed by atoms with Crippen LogP contribution in [0.15, 0.2) is 322 Å². The first-order chi connectivity index (χ1) is 43.7. The minimum Gasteiger partial charge on any atom is -0.311 e. The van der Waals surface area contributed by atoms with E-state index < -0.39 is 0 Å². The second-order valence-electron chi connectivity index (χ2n) is 23.3. The van der Waals surface area contributed by atoms with Crippen LogP contribution in [0.2, 0.25) is 0 Å². The van der Waals surface area contributed by atoms with Gasteiger partial charge in [0.2, 0.25) is 0 Å². The lowest BCUT2D eigenvalue weighted by Crippen LogP contribution is -2.61. The molecule has 0 aliphatic carbocycles. The summed E-state index contributed by atoms with van der Waals surface area (Å²) in [6.07, 6.45) is 0. The van der Waals surface area contributed by atoms with Crippen LogP contribution in [0.4, 0.5) is 34.1 Å². The van der Waals surface area contributed by atoms with E-state index >= 15 is 0 Å². The van der Waals surface area contributed by atoms with E-state index in [1.165, 1.54) is 65.7 Å². The Bertz CT molecular complexity index is 5370. The third-order valence-electron chi connectivity index (χ3n) is 18.5. The lowest BCUT2D eigenvalue weighted by molar-refractivity contribution is 1.17. The van der Waals surface area contributed by atoms with Crippen LogP contribution < -0.4 is 26.2 Å². The van der Waals surface area contributed by atoms with Gasteiger partial charge in [-0.3, -0.25) is 0 Å². The van der Waals surface area contributed by atoms with E-state index in [4.69, 9.17) is 4.98 Å². The molecule has 0 fully saturated rings. The molecule has 0 spiro atoms. The standard InChI is InChI=1S/C83H53BN4/c1-4-25-54(26-5-1)61-33-14-20-43-73(61)87-77-52-60(86-75-45-22-16-36-64(75)65-37-17-23-46-76(65)86)47-48-70(77)84-82-66-38-11-10-35-63(66)69(56-29-8-3-9-30-56)53-80(82)88(74-44-21-15-34-62(74)55-27-6-2-7-28-55)79-51-59(50-78(87)83(79)84)57-31-24-32-58(49-57)81-67-39-12-18-41-71(67)85-72-42-19-13-40-68(72)81/h1-53H. The predicted molar refractivity (Wildman–Crippen MR) is 372 cm³/mol. The molecule has 2 aliphatic heterocycles. The summed E-state index contributed by atoms with van der Waals surface area (Å²) in [6.45, 7) is -0.202. The lowest BCUT2D eigenvalue weighted by Gasteiger charge is -2.46. The molecule has 2 aliphatic rings. The fraction of sp³-hybridized carbons (Fsp3) is 0. The number of hydrogen-bond donors (Lipinski definition) is 0. The number of pyridine rings is 1. The quantitative estimate of drug-likeness (QED) is 0.112. The topological polar surface area (TPSA) is 24.3 Å². The Balaban J connectivity index is 1.00. The van der Waals surface area contributed by atoms with Gasteiger partial charge in [-0.2, -0.15) is 0 Å². The first-order valence-corrected chi connectivity index (χ1v) is 30.4. The third-order valence-corrected chi connectivity index (χ3v) is 18.5. The normalized spacial score (nSPS) is 12.5. The predicted octanol–water partition coefficient (Wildman–Crippen LogP) is 20.1. The first-order valence-electron chi connectivity index (χ1n) is 30.4. The van der Waals surface area contributed by atoms with Crippen LogP contribution in [0.1, 0.15) is 0 Å². The van der Waals surface area contributed by atoms with Crippen molar-refractivity contribution in [2.75, 3.05) is 9.80 Å². The lowest BCUT2D eigenvalue weighted by atomic mass is 9.32. The Labute approximate surface area is 510 Å². The molecule has 88 heavy (non-hydrogen) atoms. The van der Waals surface area contributed by atoms with Crippen molar-refractivity contribution in [3.05, 3.63) is 322 Å². The van der Waals surface area contributed by atoms with Crippen molar-refractivity contribution in [2.45, 2.75) is 0 Å². The monoisotopic (exact) mass is 1120 g/mol. The molecule has 408 valence electrons. The van der Waals surface area contributed by atoms with Crippen molar-refractivity contribution >= 4 is 112 Å². The SMILES string of the molecule is c1ccc(-c2ccccc2N2c3cc(-n4c5ccccc5c5ccccc54)ccc3B3c4c2cc(-c2cccc(-c5c6ccccc6nc6ccccc56)c2)cc4N(c2ccccc2-c2ccccc2)c2cc(-c4ccccc4)c4ccccc4c23)cc1. The van der Waals surface area contributed by atoms with Crippen LogP contribution in [0.5, 0.6) is 0 Å². The van der Waals surface area contributed by atoms with Gasteiger partial charge in [0.25, 0.3) is 6.71 Å². The minimum atomic E-state index is -0.202. The minimum absolute atomic E-state index is 0.202. The zero-order chi connectivity index (χ0) is 57.8. The fourth-order valence-electron chi connectivity index (χ4n) is 14.8. The van der Waals surface area contributed by atoms with Crippen LogP contribution in [0.3, 0.4) is 0 Å². The maximum Gasteiger partial charge on any atom is 0.252 e. The highest BCUT2D eigenvalue weighted by Crippen LogP contribution is 2.52. The molecule has 0 radical (unpaired) electrons. The Morgan fingerprint density at radius 2 is 0.693 bits per heavy atom. The summed E-state index contributed by atoms with van der Waals surface area (Å²) in [4.78, 5) is 10.4. The Hall–Kier alpha value is -11.5. The second kappa shape index (κ2) is 20.1. The molecule has 0 amide bonds. The molecule has 0 N–H and O–H groups in total. The van der Waals surface area contributed by atoms with Gasteiger partial charge in [-0.25, -0.2) is 4.98 Å². The van der Waals surface area contributed by atoms with Gasteiger partial charge in [-0.15, -0.1) is 0 Å². The highest BCUT2D eigenvalue weighted by atomic mass is 15.2. The molecule has 16 aromatic rings. The number of rotatable bonds is 8.